The molecule has 3 aromatic rings. The van der Waals surface area contributed by atoms with E-state index in [9.17, 15) is 4.39 Å². The molecule has 1 aromatic heterocycles. The van der Waals surface area contributed by atoms with E-state index in [4.69, 9.17) is 17.0 Å². The van der Waals surface area contributed by atoms with Crippen LogP contribution in [-0.2, 0) is 6.54 Å². The number of hydrogen-bond acceptors (Lipinski definition) is 2. The topological polar surface area (TPSA) is 29.9 Å². The molecule has 0 aliphatic rings. The number of H-pyrrole nitrogens is 1. The highest BCUT2D eigenvalue weighted by molar-refractivity contribution is 7.71. The number of nitrogens with zero attached hydrogens (tertiary/aromatic N) is 1. The molecule has 5 heteroatoms. The number of ether oxygens (including phenoxy) is 1. The highest BCUT2D eigenvalue weighted by Gasteiger charge is 2.10. The summed E-state index contributed by atoms with van der Waals surface area (Å²) in [5.74, 6) is 0.493. The first-order chi connectivity index (χ1) is 9.70. The minimum atomic E-state index is -0.299. The number of nitrogens with one attached hydrogen (secondary N) is 1. The summed E-state index contributed by atoms with van der Waals surface area (Å²) in [6.45, 7) is 0.534. The van der Waals surface area contributed by atoms with Gasteiger partial charge in [0.15, 0.2) is 4.77 Å². The molecule has 0 radical (unpaired) electrons. The van der Waals surface area contributed by atoms with Gasteiger partial charge in [0, 0.05) is 5.56 Å². The summed E-state index contributed by atoms with van der Waals surface area (Å²) in [5, 5.41) is 0. The lowest BCUT2D eigenvalue weighted by atomic mass is 10.2. The second kappa shape index (κ2) is 5.09. The number of para-hydroxylation sites is 2. The minimum Gasteiger partial charge on any atom is -0.496 e. The van der Waals surface area contributed by atoms with Crippen molar-refractivity contribution in [1.82, 2.24) is 9.55 Å². The van der Waals surface area contributed by atoms with Gasteiger partial charge in [0.1, 0.15) is 17.1 Å². The first-order valence-electron chi connectivity index (χ1n) is 6.19. The molecule has 3 rings (SSSR count). The lowest BCUT2D eigenvalue weighted by molar-refractivity contribution is 0.408. The van der Waals surface area contributed by atoms with Gasteiger partial charge in [-0.15, -0.1) is 0 Å². The molecule has 2 aromatic carbocycles. The van der Waals surface area contributed by atoms with Crippen LogP contribution in [-0.4, -0.2) is 16.7 Å². The van der Waals surface area contributed by atoms with Crippen LogP contribution in [0.3, 0.4) is 0 Å². The molecule has 1 heterocycles. The number of methoxy groups -OCH3 is 1. The second-order valence-electron chi connectivity index (χ2n) is 4.46. The van der Waals surface area contributed by atoms with Gasteiger partial charge in [0.05, 0.1) is 19.2 Å². The van der Waals surface area contributed by atoms with Crippen molar-refractivity contribution in [2.75, 3.05) is 7.11 Å². The smallest absolute Gasteiger partial charge is 0.178 e. The maximum Gasteiger partial charge on any atom is 0.178 e. The Bertz CT molecular complexity index is 822. The number of aromatic nitrogens is 2. The van der Waals surface area contributed by atoms with E-state index < -0.39 is 0 Å². The van der Waals surface area contributed by atoms with Crippen LogP contribution in [0.1, 0.15) is 5.56 Å². The zero-order chi connectivity index (χ0) is 14.1. The van der Waals surface area contributed by atoms with Gasteiger partial charge in [0.25, 0.3) is 0 Å². The molecule has 3 nitrogen and oxygen atoms in total. The highest BCUT2D eigenvalue weighted by atomic mass is 32.1. The number of fused-ring (bicyclic) bond motifs is 1. The molecule has 0 atom stereocenters. The minimum absolute atomic E-state index is 0.299. The molecule has 20 heavy (non-hydrogen) atoms. The van der Waals surface area contributed by atoms with Crippen molar-refractivity contribution in [2.24, 2.45) is 0 Å². The summed E-state index contributed by atoms with van der Waals surface area (Å²) in [6.07, 6.45) is 0. The lowest BCUT2D eigenvalue weighted by Crippen LogP contribution is -2.01. The number of halogens is 1. The van der Waals surface area contributed by atoms with Gasteiger partial charge in [-0.05, 0) is 30.4 Å². The van der Waals surface area contributed by atoms with Crippen molar-refractivity contribution >= 4 is 23.3 Å². The predicted molar refractivity (Wildman–Crippen MR) is 79.2 cm³/mol. The van der Waals surface area contributed by atoms with Crippen LogP contribution in [0.4, 0.5) is 4.39 Å². The van der Waals surface area contributed by atoms with Crippen molar-refractivity contribution < 1.29 is 9.13 Å². The lowest BCUT2D eigenvalue weighted by Gasteiger charge is -2.09. The fourth-order valence-corrected chi connectivity index (χ4v) is 2.57. The Balaban J connectivity index is 2.14. The molecular formula is C15H13FN2OS. The average molecular weight is 288 g/mol. The summed E-state index contributed by atoms with van der Waals surface area (Å²) in [5.41, 5.74) is 2.18. The van der Waals surface area contributed by atoms with E-state index in [1.807, 2.05) is 34.9 Å². The van der Waals surface area contributed by atoms with Gasteiger partial charge in [0.2, 0.25) is 0 Å². The summed E-state index contributed by atoms with van der Waals surface area (Å²) in [7, 11) is 1.63. The summed E-state index contributed by atoms with van der Waals surface area (Å²) in [6, 6.07) is 12.7. The molecule has 0 saturated carbocycles. The molecule has 0 bridgehead atoms. The van der Waals surface area contributed by atoms with Gasteiger partial charge in [-0.1, -0.05) is 24.3 Å². The van der Waals surface area contributed by atoms with E-state index in [1.165, 1.54) is 6.07 Å². The molecule has 0 saturated heterocycles. The van der Waals surface area contributed by atoms with Crippen LogP contribution in [0.25, 0.3) is 11.0 Å². The van der Waals surface area contributed by atoms with E-state index >= 15 is 0 Å². The van der Waals surface area contributed by atoms with E-state index in [0.717, 1.165) is 16.8 Å². The van der Waals surface area contributed by atoms with Crippen LogP contribution in [0.2, 0.25) is 0 Å². The number of hydrogen-bond donors (Lipinski definition) is 1. The Morgan fingerprint density at radius 1 is 1.20 bits per heavy atom. The van der Waals surface area contributed by atoms with Gasteiger partial charge < -0.3 is 14.3 Å². The van der Waals surface area contributed by atoms with Crippen molar-refractivity contribution in [3.8, 4) is 5.75 Å². The maximum atomic E-state index is 13.7. The monoisotopic (exact) mass is 288 g/mol. The molecule has 0 aliphatic carbocycles. The Morgan fingerprint density at radius 2 is 2.00 bits per heavy atom. The van der Waals surface area contributed by atoms with Crippen LogP contribution in [0, 0.1) is 10.6 Å². The van der Waals surface area contributed by atoms with Crippen LogP contribution < -0.4 is 4.74 Å². The van der Waals surface area contributed by atoms with E-state index in [1.54, 1.807) is 13.2 Å². The average Bonchev–Trinajstić information content (AvgIpc) is 2.78. The molecule has 1 N–H and O–H groups in total. The van der Waals surface area contributed by atoms with Crippen molar-refractivity contribution in [1.29, 1.82) is 0 Å². The number of aromatic amines is 1. The fraction of sp³-hybridized carbons (Fsp3) is 0.133. The van der Waals surface area contributed by atoms with E-state index in [0.29, 0.717) is 16.8 Å². The Labute approximate surface area is 120 Å². The van der Waals surface area contributed by atoms with E-state index in [2.05, 4.69) is 4.98 Å². The zero-order valence-corrected chi connectivity index (χ0v) is 11.7. The van der Waals surface area contributed by atoms with E-state index in [-0.39, 0.29) is 5.82 Å². The Morgan fingerprint density at radius 3 is 2.80 bits per heavy atom. The predicted octanol–water partition coefficient (Wildman–Crippen LogP) is 3.89. The molecule has 0 fully saturated rings. The molecule has 0 unspecified atom stereocenters. The largest absolute Gasteiger partial charge is 0.496 e. The maximum absolute atomic E-state index is 13.7. The first kappa shape index (κ1) is 12.9. The van der Waals surface area contributed by atoms with Crippen LogP contribution in [0.15, 0.2) is 42.5 Å². The van der Waals surface area contributed by atoms with Crippen molar-refractivity contribution in [3.05, 3.63) is 58.6 Å². The molecular weight excluding hydrogens is 275 g/mol. The van der Waals surface area contributed by atoms with Crippen LogP contribution >= 0.6 is 12.2 Å². The van der Waals surface area contributed by atoms with Gasteiger partial charge in [-0.3, -0.25) is 0 Å². The van der Waals surface area contributed by atoms with Gasteiger partial charge >= 0.3 is 0 Å². The zero-order valence-electron chi connectivity index (χ0n) is 10.9. The third-order valence-corrected chi connectivity index (χ3v) is 3.60. The quantitative estimate of drug-likeness (QED) is 0.741. The standard InChI is InChI=1S/C15H13FN2OS/c1-19-13-8-3-2-5-10(13)9-18-12-7-4-6-11(16)14(12)17-15(18)20/h2-8H,9H2,1H3,(H,17,20). The molecule has 102 valence electrons. The third-order valence-electron chi connectivity index (χ3n) is 3.28. The van der Waals surface area contributed by atoms with Crippen molar-refractivity contribution in [3.63, 3.8) is 0 Å². The van der Waals surface area contributed by atoms with Crippen LogP contribution in [0.5, 0.6) is 5.75 Å². The first-order valence-corrected chi connectivity index (χ1v) is 6.60. The summed E-state index contributed by atoms with van der Waals surface area (Å²) < 4.78 is 21.4. The Hall–Kier alpha value is -2.14. The van der Waals surface area contributed by atoms with Gasteiger partial charge in [-0.25, -0.2) is 4.39 Å². The summed E-state index contributed by atoms with van der Waals surface area (Å²) >= 11 is 5.29. The molecule has 0 amide bonds. The second-order valence-corrected chi connectivity index (χ2v) is 4.85. The summed E-state index contributed by atoms with van der Waals surface area (Å²) in [4.78, 5) is 2.92. The molecule has 0 aliphatic heterocycles. The number of benzene rings is 2. The SMILES string of the molecule is COc1ccccc1Cn1c(=S)[nH]c2c(F)cccc21. The van der Waals surface area contributed by atoms with Gasteiger partial charge in [-0.2, -0.15) is 0 Å². The fourth-order valence-electron chi connectivity index (χ4n) is 2.31. The highest BCUT2D eigenvalue weighted by Crippen LogP contribution is 2.22. The van der Waals surface area contributed by atoms with Crippen molar-refractivity contribution in [2.45, 2.75) is 6.54 Å². The number of imidazole rings is 1. The number of rotatable bonds is 3. The normalized spacial score (nSPS) is 10.9. The Kier molecular flexibility index (Phi) is 3.28. The third kappa shape index (κ3) is 2.10. The molecule has 0 spiro atoms.